The fraction of sp³-hybridized carbons (Fsp3) is 0.550. The Kier molecular flexibility index (Phi) is 5.69. The Bertz CT molecular complexity index is 644. The van der Waals surface area contributed by atoms with Gasteiger partial charge in [0.1, 0.15) is 0 Å². The molecule has 2 aromatic rings. The molecule has 1 fully saturated rings. The highest BCUT2D eigenvalue weighted by Crippen LogP contribution is 2.21. The monoisotopic (exact) mass is 327 g/mol. The Hall–Kier alpha value is -1.65. The maximum absolute atomic E-state index is 5.53. The van der Waals surface area contributed by atoms with E-state index >= 15 is 0 Å². The first-order valence-electron chi connectivity index (χ1n) is 8.96. The van der Waals surface area contributed by atoms with E-state index in [1.165, 1.54) is 29.7 Å². The van der Waals surface area contributed by atoms with Crippen molar-refractivity contribution in [2.24, 2.45) is 13.0 Å². The molecule has 0 N–H and O–H groups in total. The van der Waals surface area contributed by atoms with Gasteiger partial charge in [0.2, 0.25) is 0 Å². The second-order valence-electron chi connectivity index (χ2n) is 6.98. The summed E-state index contributed by atoms with van der Waals surface area (Å²) in [5, 5.41) is 4.59. The molecular weight excluding hydrogens is 298 g/mol. The number of hydrogen-bond donors (Lipinski definition) is 0. The number of hydrogen-bond acceptors (Lipinski definition) is 3. The third-order valence-corrected chi connectivity index (χ3v) is 5.15. The van der Waals surface area contributed by atoms with Gasteiger partial charge in [0.05, 0.1) is 5.69 Å². The van der Waals surface area contributed by atoms with Gasteiger partial charge in [0.15, 0.2) is 0 Å². The van der Waals surface area contributed by atoms with Gasteiger partial charge in [-0.2, -0.15) is 5.10 Å². The Morgan fingerprint density at radius 1 is 1.12 bits per heavy atom. The molecule has 0 unspecified atom stereocenters. The summed E-state index contributed by atoms with van der Waals surface area (Å²) in [6, 6.07) is 10.8. The minimum Gasteiger partial charge on any atom is -0.381 e. The van der Waals surface area contributed by atoms with Gasteiger partial charge in [-0.25, -0.2) is 0 Å². The van der Waals surface area contributed by atoms with Crippen LogP contribution < -0.4 is 0 Å². The standard InChI is InChI=1S/C20H29N3O/c1-16-20(17(2)22(3)21-16)15-23(13-18-7-5-4-6-8-18)14-19-9-11-24-12-10-19/h4-8,19H,9-15H2,1-3H3. The summed E-state index contributed by atoms with van der Waals surface area (Å²) in [6.45, 7) is 9.21. The molecule has 1 aliphatic heterocycles. The van der Waals surface area contributed by atoms with Crippen molar-refractivity contribution in [3.05, 3.63) is 52.8 Å². The molecule has 1 aromatic carbocycles. The molecule has 0 aliphatic carbocycles. The maximum atomic E-state index is 5.53. The third-order valence-electron chi connectivity index (χ3n) is 5.15. The van der Waals surface area contributed by atoms with E-state index in [0.29, 0.717) is 0 Å². The average Bonchev–Trinajstić information content (AvgIpc) is 2.83. The molecule has 4 nitrogen and oxygen atoms in total. The number of benzene rings is 1. The van der Waals surface area contributed by atoms with E-state index in [0.717, 1.165) is 44.5 Å². The van der Waals surface area contributed by atoms with Crippen molar-refractivity contribution in [2.45, 2.75) is 39.8 Å². The van der Waals surface area contributed by atoms with E-state index < -0.39 is 0 Å². The zero-order chi connectivity index (χ0) is 16.9. The molecule has 2 heterocycles. The predicted octanol–water partition coefficient (Wildman–Crippen LogP) is 3.47. The average molecular weight is 327 g/mol. The highest BCUT2D eigenvalue weighted by molar-refractivity contribution is 5.24. The minimum absolute atomic E-state index is 0.736. The third kappa shape index (κ3) is 4.25. The molecule has 0 radical (unpaired) electrons. The molecule has 1 aliphatic rings. The second kappa shape index (κ2) is 7.95. The molecule has 3 rings (SSSR count). The maximum Gasteiger partial charge on any atom is 0.0641 e. The smallest absolute Gasteiger partial charge is 0.0641 e. The largest absolute Gasteiger partial charge is 0.381 e. The molecule has 130 valence electrons. The lowest BCUT2D eigenvalue weighted by molar-refractivity contribution is 0.0501. The van der Waals surface area contributed by atoms with Crippen LogP contribution in [0.25, 0.3) is 0 Å². The predicted molar refractivity (Wildman–Crippen MR) is 96.8 cm³/mol. The lowest BCUT2D eigenvalue weighted by Gasteiger charge is -2.30. The molecule has 1 saturated heterocycles. The normalized spacial score (nSPS) is 16.0. The summed E-state index contributed by atoms with van der Waals surface area (Å²) in [6.07, 6.45) is 2.35. The van der Waals surface area contributed by atoms with Crippen molar-refractivity contribution in [3.63, 3.8) is 0 Å². The van der Waals surface area contributed by atoms with E-state index in [4.69, 9.17) is 4.74 Å². The van der Waals surface area contributed by atoms with Crippen LogP contribution in [0.5, 0.6) is 0 Å². The van der Waals surface area contributed by atoms with Crippen molar-refractivity contribution in [1.82, 2.24) is 14.7 Å². The Morgan fingerprint density at radius 3 is 2.46 bits per heavy atom. The van der Waals surface area contributed by atoms with Gasteiger partial charge < -0.3 is 4.74 Å². The number of rotatable bonds is 6. The topological polar surface area (TPSA) is 30.3 Å². The first-order valence-corrected chi connectivity index (χ1v) is 8.96. The zero-order valence-electron chi connectivity index (χ0n) is 15.2. The first-order chi connectivity index (χ1) is 11.6. The van der Waals surface area contributed by atoms with Gasteiger partial charge in [-0.15, -0.1) is 0 Å². The summed E-state index contributed by atoms with van der Waals surface area (Å²) in [4.78, 5) is 2.59. The summed E-state index contributed by atoms with van der Waals surface area (Å²) in [5.41, 5.74) is 5.18. The summed E-state index contributed by atoms with van der Waals surface area (Å²) < 4.78 is 7.53. The van der Waals surface area contributed by atoms with Crippen LogP contribution in [0.2, 0.25) is 0 Å². The molecule has 0 atom stereocenters. The number of aromatic nitrogens is 2. The van der Waals surface area contributed by atoms with Crippen LogP contribution >= 0.6 is 0 Å². The summed E-state index contributed by atoms with van der Waals surface area (Å²) in [5.74, 6) is 0.736. The molecule has 4 heteroatoms. The molecule has 1 aromatic heterocycles. The van der Waals surface area contributed by atoms with Crippen LogP contribution in [-0.4, -0.2) is 34.4 Å². The minimum atomic E-state index is 0.736. The molecule has 0 saturated carbocycles. The van der Waals surface area contributed by atoms with Crippen LogP contribution in [-0.2, 0) is 24.9 Å². The van der Waals surface area contributed by atoms with Gasteiger partial charge in [0, 0.05) is 51.2 Å². The lowest BCUT2D eigenvalue weighted by atomic mass is 9.99. The van der Waals surface area contributed by atoms with E-state index in [1.807, 2.05) is 11.7 Å². The van der Waals surface area contributed by atoms with Crippen molar-refractivity contribution in [2.75, 3.05) is 19.8 Å². The van der Waals surface area contributed by atoms with Crippen molar-refractivity contribution in [1.29, 1.82) is 0 Å². The molecule has 24 heavy (non-hydrogen) atoms. The van der Waals surface area contributed by atoms with Crippen molar-refractivity contribution < 1.29 is 4.74 Å². The van der Waals surface area contributed by atoms with Crippen LogP contribution in [0.1, 0.15) is 35.4 Å². The van der Waals surface area contributed by atoms with Crippen molar-refractivity contribution >= 4 is 0 Å². The van der Waals surface area contributed by atoms with Gasteiger partial charge in [0.25, 0.3) is 0 Å². The molecular formula is C20H29N3O. The SMILES string of the molecule is Cc1nn(C)c(C)c1CN(Cc1ccccc1)CC1CCOCC1. The van der Waals surface area contributed by atoms with Gasteiger partial charge in [-0.05, 0) is 38.2 Å². The fourth-order valence-corrected chi connectivity index (χ4v) is 3.59. The highest BCUT2D eigenvalue weighted by Gasteiger charge is 2.20. The van der Waals surface area contributed by atoms with E-state index in [-0.39, 0.29) is 0 Å². The molecule has 0 bridgehead atoms. The second-order valence-corrected chi connectivity index (χ2v) is 6.98. The van der Waals surface area contributed by atoms with Gasteiger partial charge >= 0.3 is 0 Å². The quantitative estimate of drug-likeness (QED) is 0.814. The van der Waals surface area contributed by atoms with Crippen LogP contribution in [0, 0.1) is 19.8 Å². The lowest BCUT2D eigenvalue weighted by Crippen LogP contribution is -2.32. The number of ether oxygens (including phenoxy) is 1. The van der Waals surface area contributed by atoms with E-state index in [1.54, 1.807) is 0 Å². The van der Waals surface area contributed by atoms with Gasteiger partial charge in [-0.1, -0.05) is 30.3 Å². The fourth-order valence-electron chi connectivity index (χ4n) is 3.59. The Morgan fingerprint density at radius 2 is 1.83 bits per heavy atom. The van der Waals surface area contributed by atoms with Crippen LogP contribution in [0.3, 0.4) is 0 Å². The molecule has 0 amide bonds. The van der Waals surface area contributed by atoms with E-state index in [2.05, 4.69) is 54.2 Å². The van der Waals surface area contributed by atoms with Crippen LogP contribution in [0.15, 0.2) is 30.3 Å². The number of nitrogens with zero attached hydrogens (tertiary/aromatic N) is 3. The zero-order valence-corrected chi connectivity index (χ0v) is 15.2. The Balaban J connectivity index is 1.75. The van der Waals surface area contributed by atoms with Crippen molar-refractivity contribution in [3.8, 4) is 0 Å². The van der Waals surface area contributed by atoms with Crippen LogP contribution in [0.4, 0.5) is 0 Å². The van der Waals surface area contributed by atoms with Gasteiger partial charge in [-0.3, -0.25) is 9.58 Å². The first kappa shape index (κ1) is 17.2. The summed E-state index contributed by atoms with van der Waals surface area (Å²) >= 11 is 0. The van der Waals surface area contributed by atoms with E-state index in [9.17, 15) is 0 Å². The highest BCUT2D eigenvalue weighted by atomic mass is 16.5. The summed E-state index contributed by atoms with van der Waals surface area (Å²) in [7, 11) is 2.03. The Labute approximate surface area is 145 Å². The number of aryl methyl sites for hydroxylation is 2. The molecule has 0 spiro atoms.